The van der Waals surface area contributed by atoms with Gasteiger partial charge in [-0.25, -0.2) is 9.78 Å². The van der Waals surface area contributed by atoms with Crippen LogP contribution >= 0.6 is 34.9 Å². The van der Waals surface area contributed by atoms with E-state index in [1.165, 1.54) is 23.2 Å². The number of carboxylic acid groups (broad SMARTS) is 2. The van der Waals surface area contributed by atoms with Gasteiger partial charge in [-0.2, -0.15) is 0 Å². The summed E-state index contributed by atoms with van der Waals surface area (Å²) in [5.74, 6) is -3.45. The molecule has 3 heterocycles. The zero-order valence-electron chi connectivity index (χ0n) is 15.7. The van der Waals surface area contributed by atoms with Gasteiger partial charge in [0.15, 0.2) is 5.13 Å². The number of thiazole rings is 1. The van der Waals surface area contributed by atoms with Crippen molar-refractivity contribution >= 4 is 69.3 Å². The number of halogens is 1. The van der Waals surface area contributed by atoms with Crippen LogP contribution in [0.3, 0.4) is 0 Å². The predicted octanol–water partition coefficient (Wildman–Crippen LogP) is 0.982. The number of nitrogens with one attached hydrogen (secondary N) is 1. The highest BCUT2D eigenvalue weighted by atomic mass is 32.2. The van der Waals surface area contributed by atoms with Crippen LogP contribution in [0.25, 0.3) is 5.57 Å². The Hall–Kier alpha value is -2.58. The Bertz CT molecular complexity index is 994. The molecule has 1 saturated heterocycles. The Balaban J connectivity index is 1.79. The first-order valence-corrected chi connectivity index (χ1v) is 11.7. The molecule has 31 heavy (non-hydrogen) atoms. The van der Waals surface area contributed by atoms with Crippen molar-refractivity contribution in [2.45, 2.75) is 17.8 Å². The SMILES string of the molecule is Nc1nc(C(=CCC(=O)O)C(=O)N[C@@H]2C(=O)N3C(C(=O)O)=C(SCCF)CS[C@@H]23)cs1. The van der Waals surface area contributed by atoms with Gasteiger partial charge >= 0.3 is 11.9 Å². The summed E-state index contributed by atoms with van der Waals surface area (Å²) in [4.78, 5) is 53.6. The van der Waals surface area contributed by atoms with Crippen LogP contribution in [0.5, 0.6) is 0 Å². The first-order chi connectivity index (χ1) is 14.7. The van der Waals surface area contributed by atoms with Gasteiger partial charge in [0.05, 0.1) is 24.4 Å². The van der Waals surface area contributed by atoms with Crippen LogP contribution in [-0.2, 0) is 19.2 Å². The van der Waals surface area contributed by atoms with Crippen LogP contribution in [0.1, 0.15) is 12.1 Å². The standard InChI is InChI=1S/C17H17FN4O6S3/c18-3-4-29-9-6-30-15-11(14(26)22(15)12(9)16(27)28)21-13(25)7(1-2-10(23)24)8-5-31-17(19)20-8/h1,5,11,15H,2-4,6H2,(H2,19,20)(H,21,25)(H,23,24)(H,27,28)/t11-,15+/m1/s1. The highest BCUT2D eigenvalue weighted by Gasteiger charge is 2.54. The molecule has 1 fully saturated rings. The fraction of sp³-hybridized carbons (Fsp3) is 0.353. The van der Waals surface area contributed by atoms with E-state index in [2.05, 4.69) is 10.3 Å². The molecule has 10 nitrogen and oxygen atoms in total. The molecule has 0 spiro atoms. The number of aliphatic carboxylic acids is 2. The minimum Gasteiger partial charge on any atom is -0.481 e. The molecule has 2 amide bonds. The molecule has 3 rings (SSSR count). The zero-order valence-corrected chi connectivity index (χ0v) is 18.2. The number of hydrogen-bond acceptors (Lipinski definition) is 9. The van der Waals surface area contributed by atoms with E-state index >= 15 is 0 Å². The number of rotatable bonds is 9. The van der Waals surface area contributed by atoms with Crippen LogP contribution in [0.2, 0.25) is 0 Å². The average Bonchev–Trinajstić information content (AvgIpc) is 3.15. The first kappa shape index (κ1) is 23.1. The van der Waals surface area contributed by atoms with Crippen LogP contribution < -0.4 is 11.1 Å². The monoisotopic (exact) mass is 488 g/mol. The fourth-order valence-corrected chi connectivity index (χ4v) is 5.94. The topological polar surface area (TPSA) is 163 Å². The van der Waals surface area contributed by atoms with Crippen molar-refractivity contribution in [3.8, 4) is 0 Å². The Morgan fingerprint density at radius 1 is 1.42 bits per heavy atom. The molecule has 2 atom stereocenters. The number of nitrogen functional groups attached to an aromatic ring is 1. The van der Waals surface area contributed by atoms with E-state index in [0.29, 0.717) is 4.91 Å². The summed E-state index contributed by atoms with van der Waals surface area (Å²) in [5, 5.41) is 22.1. The Labute approximate surface area is 187 Å². The van der Waals surface area contributed by atoms with Gasteiger partial charge in [0.1, 0.15) is 17.1 Å². The zero-order chi connectivity index (χ0) is 22.7. The molecule has 166 valence electrons. The maximum atomic E-state index is 12.8. The Morgan fingerprint density at radius 3 is 2.74 bits per heavy atom. The first-order valence-electron chi connectivity index (χ1n) is 8.78. The van der Waals surface area contributed by atoms with Gasteiger partial charge in [-0.15, -0.1) is 34.9 Å². The van der Waals surface area contributed by atoms with E-state index in [1.807, 2.05) is 0 Å². The van der Waals surface area contributed by atoms with E-state index < -0.39 is 48.3 Å². The summed E-state index contributed by atoms with van der Waals surface area (Å²) < 4.78 is 12.5. The third-order valence-electron chi connectivity index (χ3n) is 4.30. The van der Waals surface area contributed by atoms with E-state index in [0.717, 1.165) is 28.0 Å². The van der Waals surface area contributed by atoms with Gasteiger partial charge in [0.2, 0.25) is 0 Å². The normalized spacial score (nSPS) is 20.9. The molecule has 14 heteroatoms. The number of nitrogens with zero attached hydrogens (tertiary/aromatic N) is 2. The number of alkyl halides is 1. The van der Waals surface area contributed by atoms with Crippen molar-refractivity contribution < 1.29 is 33.8 Å². The quantitative estimate of drug-likeness (QED) is 0.291. The van der Waals surface area contributed by atoms with Crippen molar-refractivity contribution in [2.24, 2.45) is 0 Å². The molecule has 2 aliphatic rings. The summed E-state index contributed by atoms with van der Waals surface area (Å²) in [6, 6.07) is -0.996. The second kappa shape index (κ2) is 9.70. The molecule has 1 aromatic heterocycles. The summed E-state index contributed by atoms with van der Waals surface area (Å²) in [5.41, 5.74) is 5.52. The molecule has 0 radical (unpaired) electrons. The van der Waals surface area contributed by atoms with Gasteiger partial charge in [-0.3, -0.25) is 23.7 Å². The lowest BCUT2D eigenvalue weighted by atomic mass is 10.0. The maximum absolute atomic E-state index is 12.8. The summed E-state index contributed by atoms with van der Waals surface area (Å²) in [6.45, 7) is -0.631. The van der Waals surface area contributed by atoms with Gasteiger partial charge < -0.3 is 21.3 Å². The number of amides is 2. The van der Waals surface area contributed by atoms with Gasteiger partial charge in [0.25, 0.3) is 11.8 Å². The van der Waals surface area contributed by atoms with Crippen molar-refractivity contribution in [1.82, 2.24) is 15.2 Å². The fourth-order valence-electron chi connectivity index (χ4n) is 3.00. The highest BCUT2D eigenvalue weighted by molar-refractivity contribution is 8.06. The number of carbonyl (C=O) groups is 4. The van der Waals surface area contributed by atoms with Crippen molar-refractivity contribution in [1.29, 1.82) is 0 Å². The lowest BCUT2D eigenvalue weighted by Gasteiger charge is -2.49. The van der Waals surface area contributed by atoms with Crippen LogP contribution in [0.4, 0.5) is 9.52 Å². The van der Waals surface area contributed by atoms with Gasteiger partial charge in [-0.1, -0.05) is 6.08 Å². The van der Waals surface area contributed by atoms with Crippen LogP contribution in [0.15, 0.2) is 22.1 Å². The number of aromatic nitrogens is 1. The summed E-state index contributed by atoms with van der Waals surface area (Å²) >= 11 is 3.37. The molecular formula is C17H17FN4O6S3. The molecule has 2 aliphatic heterocycles. The summed E-state index contributed by atoms with van der Waals surface area (Å²) in [6.07, 6.45) is 0.736. The number of fused-ring (bicyclic) bond motifs is 1. The smallest absolute Gasteiger partial charge is 0.353 e. The second-order valence-electron chi connectivity index (χ2n) is 6.26. The van der Waals surface area contributed by atoms with Crippen molar-refractivity contribution in [2.75, 3.05) is 23.9 Å². The van der Waals surface area contributed by atoms with Crippen LogP contribution in [0, 0.1) is 0 Å². The molecule has 0 aliphatic carbocycles. The second-order valence-corrected chi connectivity index (χ2v) is 9.45. The average molecular weight is 489 g/mol. The number of thioether (sulfide) groups is 2. The molecule has 0 unspecified atom stereocenters. The molecule has 0 bridgehead atoms. The summed E-state index contributed by atoms with van der Waals surface area (Å²) in [7, 11) is 0. The number of hydrogen-bond donors (Lipinski definition) is 4. The Morgan fingerprint density at radius 2 is 2.16 bits per heavy atom. The lowest BCUT2D eigenvalue weighted by Crippen LogP contribution is -2.70. The molecule has 5 N–H and O–H groups in total. The third kappa shape index (κ3) is 4.85. The van der Waals surface area contributed by atoms with E-state index in [9.17, 15) is 28.7 Å². The molecule has 0 aromatic carbocycles. The molecule has 1 aromatic rings. The van der Waals surface area contributed by atoms with Crippen molar-refractivity contribution in [3.05, 3.63) is 27.8 Å². The van der Waals surface area contributed by atoms with E-state index in [-0.39, 0.29) is 33.6 Å². The largest absolute Gasteiger partial charge is 0.481 e. The number of nitrogens with two attached hydrogens (primary N) is 1. The number of anilines is 1. The number of carbonyl (C=O) groups excluding carboxylic acids is 2. The van der Waals surface area contributed by atoms with E-state index in [1.54, 1.807) is 0 Å². The molecular weight excluding hydrogens is 471 g/mol. The highest BCUT2D eigenvalue weighted by Crippen LogP contribution is 2.43. The van der Waals surface area contributed by atoms with Crippen LogP contribution in [-0.4, -0.2) is 73.4 Å². The predicted molar refractivity (Wildman–Crippen MR) is 115 cm³/mol. The number of β-lactam (4-membered cyclic amide) rings is 1. The molecule has 0 saturated carbocycles. The third-order valence-corrected chi connectivity index (χ3v) is 7.48. The van der Waals surface area contributed by atoms with E-state index in [4.69, 9.17) is 10.8 Å². The minimum atomic E-state index is -1.30. The Kier molecular flexibility index (Phi) is 7.23. The van der Waals surface area contributed by atoms with Gasteiger partial charge in [-0.05, 0) is 0 Å². The lowest BCUT2D eigenvalue weighted by molar-refractivity contribution is -0.150. The van der Waals surface area contributed by atoms with Gasteiger partial charge in [0, 0.05) is 21.8 Å². The maximum Gasteiger partial charge on any atom is 0.353 e. The van der Waals surface area contributed by atoms with Crippen molar-refractivity contribution in [3.63, 3.8) is 0 Å². The number of carboxylic acids is 2. The minimum absolute atomic E-state index is 0.0457.